The third-order valence-electron chi connectivity index (χ3n) is 2.57. The van der Waals surface area contributed by atoms with Crippen LogP contribution in [0.25, 0.3) is 0 Å². The maximum absolute atomic E-state index is 12.2. The van der Waals surface area contributed by atoms with Crippen molar-refractivity contribution >= 4 is 12.6 Å². The van der Waals surface area contributed by atoms with Gasteiger partial charge in [-0.1, -0.05) is 0 Å². The molecule has 0 aromatic carbocycles. The van der Waals surface area contributed by atoms with E-state index >= 15 is 0 Å². The summed E-state index contributed by atoms with van der Waals surface area (Å²) in [5, 5.41) is 3.05. The van der Waals surface area contributed by atoms with Crippen molar-refractivity contribution in [1.29, 1.82) is 0 Å². The summed E-state index contributed by atoms with van der Waals surface area (Å²) in [5.74, 6) is -0.535. The molecule has 0 spiro atoms. The first-order valence-electron chi connectivity index (χ1n) is 4.45. The van der Waals surface area contributed by atoms with Crippen molar-refractivity contribution in [3.8, 4) is 0 Å². The van der Waals surface area contributed by atoms with Gasteiger partial charge in [-0.25, -0.2) is 0 Å². The molecule has 1 fully saturated rings. The second-order valence-corrected chi connectivity index (χ2v) is 3.77. The van der Waals surface area contributed by atoms with E-state index in [1.165, 1.54) is 0 Å². The van der Waals surface area contributed by atoms with E-state index < -0.39 is 12.1 Å². The van der Waals surface area contributed by atoms with Gasteiger partial charge in [0.25, 0.3) is 0 Å². The quantitative estimate of drug-likeness (QED) is 0.530. The van der Waals surface area contributed by atoms with Crippen LogP contribution in [-0.2, 0) is 0 Å². The molecule has 0 aromatic rings. The van der Waals surface area contributed by atoms with Gasteiger partial charge in [0.15, 0.2) is 0 Å². The van der Waals surface area contributed by atoms with E-state index in [4.69, 9.17) is 0 Å². The Balaban J connectivity index is 2.30. The molecule has 13 heavy (non-hydrogen) atoms. The van der Waals surface area contributed by atoms with Crippen molar-refractivity contribution in [3.05, 3.63) is 0 Å². The topological polar surface area (TPSA) is 12.0 Å². The van der Waals surface area contributed by atoms with E-state index in [1.807, 2.05) is 0 Å². The van der Waals surface area contributed by atoms with Crippen LogP contribution in [0.3, 0.4) is 0 Å². The first kappa shape index (κ1) is 11.2. The van der Waals surface area contributed by atoms with Gasteiger partial charge in [-0.3, -0.25) is 0 Å². The Kier molecular flexibility index (Phi) is 3.91. The predicted molar refractivity (Wildman–Crippen MR) is 48.8 cm³/mol. The smallest absolute Gasteiger partial charge is 0.305 e. The lowest BCUT2D eigenvalue weighted by Gasteiger charge is -2.29. The summed E-state index contributed by atoms with van der Waals surface area (Å²) in [5.41, 5.74) is 0. The van der Waals surface area contributed by atoms with Gasteiger partial charge in [-0.2, -0.15) is 25.8 Å². The lowest BCUT2D eigenvalue weighted by atomic mass is 9.86. The minimum atomic E-state index is -3.99. The Hall–Kier alpha value is 0.100. The molecule has 78 valence electrons. The van der Waals surface area contributed by atoms with E-state index in [9.17, 15) is 13.2 Å². The molecular formula is C8H14F3NS. The highest BCUT2D eigenvalue weighted by atomic mass is 32.1. The molecule has 1 nitrogen and oxygen atoms in total. The lowest BCUT2D eigenvalue weighted by Crippen LogP contribution is -2.36. The number of thiol groups is 1. The standard InChI is InChI=1S/C8H14F3NS/c9-8(10,11)6-1-3-7(4-2-6)12-5-13/h6-7,12-13H,1-5H2. The van der Waals surface area contributed by atoms with Gasteiger partial charge in [0.1, 0.15) is 0 Å². The fourth-order valence-corrected chi connectivity index (χ4v) is 2.01. The van der Waals surface area contributed by atoms with Crippen LogP contribution in [0, 0.1) is 5.92 Å². The van der Waals surface area contributed by atoms with Crippen molar-refractivity contribution in [2.75, 3.05) is 5.88 Å². The molecule has 0 amide bonds. The molecule has 1 saturated carbocycles. The molecule has 1 N–H and O–H groups in total. The second-order valence-electron chi connectivity index (χ2n) is 3.45. The average Bonchev–Trinajstić information content (AvgIpc) is 2.04. The Labute approximate surface area is 81.5 Å². The summed E-state index contributed by atoms with van der Waals surface area (Å²) in [6, 6.07) is 0.232. The Morgan fingerprint density at radius 3 is 2.08 bits per heavy atom. The van der Waals surface area contributed by atoms with Crippen LogP contribution in [0.4, 0.5) is 13.2 Å². The van der Waals surface area contributed by atoms with Crippen LogP contribution < -0.4 is 5.32 Å². The summed E-state index contributed by atoms with van der Waals surface area (Å²) < 4.78 is 36.7. The highest BCUT2D eigenvalue weighted by Crippen LogP contribution is 2.37. The molecule has 0 bridgehead atoms. The van der Waals surface area contributed by atoms with Crippen LogP contribution in [0.1, 0.15) is 25.7 Å². The predicted octanol–water partition coefficient (Wildman–Crippen LogP) is 2.58. The number of alkyl halides is 3. The van der Waals surface area contributed by atoms with E-state index in [-0.39, 0.29) is 18.9 Å². The van der Waals surface area contributed by atoms with Gasteiger partial charge in [-0.05, 0) is 25.7 Å². The van der Waals surface area contributed by atoms with Gasteiger partial charge >= 0.3 is 6.18 Å². The number of hydrogen-bond acceptors (Lipinski definition) is 2. The van der Waals surface area contributed by atoms with Crippen LogP contribution in [0.15, 0.2) is 0 Å². The van der Waals surface area contributed by atoms with E-state index in [2.05, 4.69) is 17.9 Å². The van der Waals surface area contributed by atoms with Crippen LogP contribution >= 0.6 is 12.6 Å². The summed E-state index contributed by atoms with van der Waals surface area (Å²) in [4.78, 5) is 0. The number of halogens is 3. The monoisotopic (exact) mass is 213 g/mol. The minimum absolute atomic E-state index is 0.232. The van der Waals surface area contributed by atoms with Gasteiger partial charge in [-0.15, -0.1) is 0 Å². The van der Waals surface area contributed by atoms with Crippen molar-refractivity contribution < 1.29 is 13.2 Å². The van der Waals surface area contributed by atoms with E-state index in [0.29, 0.717) is 18.7 Å². The summed E-state index contributed by atoms with van der Waals surface area (Å²) >= 11 is 3.98. The molecule has 1 aliphatic rings. The highest BCUT2D eigenvalue weighted by Gasteiger charge is 2.41. The zero-order valence-electron chi connectivity index (χ0n) is 7.27. The maximum atomic E-state index is 12.2. The largest absolute Gasteiger partial charge is 0.391 e. The molecule has 0 radical (unpaired) electrons. The fourth-order valence-electron chi connectivity index (χ4n) is 1.75. The maximum Gasteiger partial charge on any atom is 0.391 e. The van der Waals surface area contributed by atoms with E-state index in [1.54, 1.807) is 0 Å². The molecule has 1 rings (SSSR count). The number of rotatable bonds is 2. The van der Waals surface area contributed by atoms with Gasteiger partial charge in [0, 0.05) is 11.9 Å². The number of nitrogens with one attached hydrogen (secondary N) is 1. The van der Waals surface area contributed by atoms with Crippen LogP contribution in [0.5, 0.6) is 0 Å². The average molecular weight is 213 g/mol. The van der Waals surface area contributed by atoms with Gasteiger partial charge < -0.3 is 5.32 Å². The highest BCUT2D eigenvalue weighted by molar-refractivity contribution is 7.80. The van der Waals surface area contributed by atoms with Crippen molar-refractivity contribution in [3.63, 3.8) is 0 Å². The summed E-state index contributed by atoms with van der Waals surface area (Å²) in [6.45, 7) is 0. The molecule has 5 heteroatoms. The first-order valence-corrected chi connectivity index (χ1v) is 5.08. The molecular weight excluding hydrogens is 199 g/mol. The van der Waals surface area contributed by atoms with E-state index in [0.717, 1.165) is 0 Å². The molecule has 0 aromatic heterocycles. The molecule has 1 aliphatic carbocycles. The molecule has 0 aliphatic heterocycles. The third kappa shape index (κ3) is 3.38. The molecule has 0 unspecified atom stereocenters. The van der Waals surface area contributed by atoms with Crippen molar-refractivity contribution in [1.82, 2.24) is 5.32 Å². The summed E-state index contributed by atoms with van der Waals surface area (Å²) in [6.07, 6.45) is -2.24. The Morgan fingerprint density at radius 1 is 1.15 bits per heavy atom. The lowest BCUT2D eigenvalue weighted by molar-refractivity contribution is -0.182. The van der Waals surface area contributed by atoms with Crippen molar-refractivity contribution in [2.45, 2.75) is 37.9 Å². The SMILES string of the molecule is FC(F)(F)C1CCC(NCS)CC1. The normalized spacial score (nSPS) is 30.5. The van der Waals surface area contributed by atoms with Crippen LogP contribution in [-0.4, -0.2) is 18.1 Å². The summed E-state index contributed by atoms with van der Waals surface area (Å²) in [7, 11) is 0. The molecule has 0 heterocycles. The fraction of sp³-hybridized carbons (Fsp3) is 1.00. The van der Waals surface area contributed by atoms with Crippen LogP contribution in [0.2, 0.25) is 0 Å². The molecule has 0 atom stereocenters. The molecule has 0 saturated heterocycles. The van der Waals surface area contributed by atoms with Gasteiger partial charge in [0.05, 0.1) is 5.92 Å². The zero-order valence-corrected chi connectivity index (χ0v) is 8.17. The van der Waals surface area contributed by atoms with Gasteiger partial charge in [0.2, 0.25) is 0 Å². The number of hydrogen-bond donors (Lipinski definition) is 2. The zero-order chi connectivity index (χ0) is 9.90. The van der Waals surface area contributed by atoms with Crippen molar-refractivity contribution in [2.24, 2.45) is 5.92 Å². The second kappa shape index (κ2) is 4.55. The third-order valence-corrected chi connectivity index (χ3v) is 2.75. The first-order chi connectivity index (χ1) is 6.04. The Bertz CT molecular complexity index is 152. The minimum Gasteiger partial charge on any atom is -0.305 e. The Morgan fingerprint density at radius 2 is 1.69 bits per heavy atom.